The second-order valence-electron chi connectivity index (χ2n) is 14.4. The zero-order valence-electron chi connectivity index (χ0n) is 31.4. The van der Waals surface area contributed by atoms with E-state index in [2.05, 4.69) is 19.2 Å². The van der Waals surface area contributed by atoms with Gasteiger partial charge in [0.25, 0.3) is 0 Å². The Hall–Kier alpha value is -0.870. The minimum atomic E-state index is -0.831. The molecule has 2 atom stereocenters. The maximum atomic E-state index is 12.2. The molecule has 1 amide bonds. The molecule has 0 aliphatic rings. The highest BCUT2D eigenvalue weighted by Gasteiger charge is 2.17. The highest BCUT2D eigenvalue weighted by atomic mass is 16.3. The second-order valence-corrected chi connectivity index (χ2v) is 14.4. The first-order valence-corrected chi connectivity index (χ1v) is 20.9. The fraction of sp³-hybridized carbons (Fsp3) is 0.929. The summed E-state index contributed by atoms with van der Waals surface area (Å²) in [6.07, 6.45) is 47.8. The molecule has 0 aromatic rings. The Balaban J connectivity index is 3.39. The maximum absolute atomic E-state index is 12.2. The third-order valence-corrected chi connectivity index (χ3v) is 9.77. The highest BCUT2D eigenvalue weighted by Crippen LogP contribution is 2.16. The number of carbonyl (C=O) groups is 1. The molecule has 0 saturated carbocycles. The molecule has 0 aliphatic carbocycles. The van der Waals surface area contributed by atoms with Gasteiger partial charge in [0.2, 0.25) is 5.91 Å². The number of allylic oxidation sites excluding steroid dienone is 1. The SMILES string of the molecule is CCCCCCCCCCCCCCCCCCCCCCCCCCCC/C=C/C(O)C(CO)NC(=O)CCCCCCCC. The van der Waals surface area contributed by atoms with Crippen LogP contribution in [0, 0.1) is 0 Å². The molecule has 0 aromatic heterocycles. The normalized spacial score (nSPS) is 13.0. The third-order valence-electron chi connectivity index (χ3n) is 9.77. The van der Waals surface area contributed by atoms with Gasteiger partial charge < -0.3 is 15.5 Å². The average molecular weight is 650 g/mol. The van der Waals surface area contributed by atoms with Crippen molar-refractivity contribution in [2.75, 3.05) is 6.61 Å². The maximum Gasteiger partial charge on any atom is 0.220 e. The first-order chi connectivity index (χ1) is 22.7. The van der Waals surface area contributed by atoms with Crippen LogP contribution in [-0.4, -0.2) is 34.9 Å². The summed E-state index contributed by atoms with van der Waals surface area (Å²) in [6, 6.07) is -0.613. The van der Waals surface area contributed by atoms with Gasteiger partial charge in [-0.1, -0.05) is 219 Å². The van der Waals surface area contributed by atoms with Gasteiger partial charge in [0.05, 0.1) is 18.8 Å². The Morgan fingerprint density at radius 1 is 0.500 bits per heavy atom. The molecule has 4 nitrogen and oxygen atoms in total. The summed E-state index contributed by atoms with van der Waals surface area (Å²) in [5, 5.41) is 22.8. The molecule has 0 aliphatic heterocycles. The lowest BCUT2D eigenvalue weighted by Crippen LogP contribution is -2.45. The molecule has 0 aromatic carbocycles. The standard InChI is InChI=1S/C42H83NO3/c1-3-5-7-9-11-12-13-14-15-16-17-18-19-20-21-22-23-24-25-26-27-28-29-30-31-32-33-35-37-41(45)40(39-44)43-42(46)38-36-34-10-8-6-4-2/h35,37,40-41,44-45H,3-34,36,38-39H2,1-2H3,(H,43,46)/b37-35+. The molecule has 2 unspecified atom stereocenters. The Morgan fingerprint density at radius 3 is 1.13 bits per heavy atom. The van der Waals surface area contributed by atoms with Gasteiger partial charge in [0, 0.05) is 6.42 Å². The van der Waals surface area contributed by atoms with Gasteiger partial charge in [-0.25, -0.2) is 0 Å². The summed E-state index contributed by atoms with van der Waals surface area (Å²) in [7, 11) is 0. The molecular weight excluding hydrogens is 566 g/mol. The fourth-order valence-corrected chi connectivity index (χ4v) is 6.53. The van der Waals surface area contributed by atoms with Crippen LogP contribution in [0.25, 0.3) is 0 Å². The molecule has 0 saturated heterocycles. The van der Waals surface area contributed by atoms with Crippen LogP contribution in [0.1, 0.15) is 232 Å². The Bertz CT molecular complexity index is 622. The zero-order valence-corrected chi connectivity index (χ0v) is 31.4. The van der Waals surface area contributed by atoms with Crippen LogP contribution in [-0.2, 0) is 4.79 Å². The van der Waals surface area contributed by atoms with Gasteiger partial charge in [-0.3, -0.25) is 4.79 Å². The number of aliphatic hydroxyl groups excluding tert-OH is 2. The van der Waals surface area contributed by atoms with E-state index in [1.807, 2.05) is 6.08 Å². The van der Waals surface area contributed by atoms with Gasteiger partial charge in [-0.15, -0.1) is 0 Å². The minimum Gasteiger partial charge on any atom is -0.394 e. The predicted molar refractivity (Wildman–Crippen MR) is 202 cm³/mol. The van der Waals surface area contributed by atoms with E-state index in [4.69, 9.17) is 0 Å². The van der Waals surface area contributed by atoms with Crippen LogP contribution < -0.4 is 5.32 Å². The molecule has 4 heteroatoms. The van der Waals surface area contributed by atoms with Crippen molar-refractivity contribution in [3.63, 3.8) is 0 Å². The van der Waals surface area contributed by atoms with Crippen molar-refractivity contribution in [1.29, 1.82) is 0 Å². The van der Waals surface area contributed by atoms with E-state index in [1.165, 1.54) is 186 Å². The number of carbonyl (C=O) groups excluding carboxylic acids is 1. The Kier molecular flexibility index (Phi) is 37.8. The summed E-state index contributed by atoms with van der Waals surface area (Å²) >= 11 is 0. The van der Waals surface area contributed by atoms with E-state index in [9.17, 15) is 15.0 Å². The number of hydrogen-bond acceptors (Lipinski definition) is 3. The van der Waals surface area contributed by atoms with Crippen molar-refractivity contribution in [2.24, 2.45) is 0 Å². The minimum absolute atomic E-state index is 0.0719. The third kappa shape index (κ3) is 34.5. The number of unbranched alkanes of at least 4 members (excludes halogenated alkanes) is 31. The monoisotopic (exact) mass is 650 g/mol. The lowest BCUT2D eigenvalue weighted by Gasteiger charge is -2.20. The van der Waals surface area contributed by atoms with Crippen molar-refractivity contribution in [2.45, 2.75) is 244 Å². The van der Waals surface area contributed by atoms with Crippen LogP contribution in [0.4, 0.5) is 0 Å². The Labute approximate surface area is 288 Å². The fourth-order valence-electron chi connectivity index (χ4n) is 6.53. The molecule has 0 rings (SSSR count). The number of amides is 1. The van der Waals surface area contributed by atoms with Crippen molar-refractivity contribution < 1.29 is 15.0 Å². The topological polar surface area (TPSA) is 69.6 Å². The molecule has 0 radical (unpaired) electrons. The first kappa shape index (κ1) is 45.1. The van der Waals surface area contributed by atoms with Crippen molar-refractivity contribution in [3.05, 3.63) is 12.2 Å². The van der Waals surface area contributed by atoms with E-state index in [1.54, 1.807) is 6.08 Å². The van der Waals surface area contributed by atoms with Gasteiger partial charge >= 0.3 is 0 Å². The van der Waals surface area contributed by atoms with Gasteiger partial charge in [-0.2, -0.15) is 0 Å². The van der Waals surface area contributed by atoms with Crippen LogP contribution in [0.15, 0.2) is 12.2 Å². The van der Waals surface area contributed by atoms with Crippen LogP contribution in [0.2, 0.25) is 0 Å². The van der Waals surface area contributed by atoms with E-state index in [-0.39, 0.29) is 12.5 Å². The second kappa shape index (κ2) is 38.6. The number of aliphatic hydroxyl groups is 2. The lowest BCUT2D eigenvalue weighted by atomic mass is 10.0. The van der Waals surface area contributed by atoms with E-state index >= 15 is 0 Å². The van der Waals surface area contributed by atoms with Crippen molar-refractivity contribution in [3.8, 4) is 0 Å². The van der Waals surface area contributed by atoms with E-state index in [0.29, 0.717) is 6.42 Å². The van der Waals surface area contributed by atoms with Gasteiger partial charge in [-0.05, 0) is 19.3 Å². The van der Waals surface area contributed by atoms with Crippen molar-refractivity contribution in [1.82, 2.24) is 5.32 Å². The predicted octanol–water partition coefficient (Wildman–Crippen LogP) is 12.7. The summed E-state index contributed by atoms with van der Waals surface area (Å²) in [4.78, 5) is 12.2. The summed E-state index contributed by atoms with van der Waals surface area (Å²) < 4.78 is 0. The lowest BCUT2D eigenvalue weighted by molar-refractivity contribution is -0.123. The zero-order chi connectivity index (χ0) is 33.6. The smallest absolute Gasteiger partial charge is 0.220 e. The highest BCUT2D eigenvalue weighted by molar-refractivity contribution is 5.76. The number of rotatable bonds is 38. The quantitative estimate of drug-likeness (QED) is 0.0460. The number of hydrogen-bond donors (Lipinski definition) is 3. The average Bonchev–Trinajstić information content (AvgIpc) is 3.06. The first-order valence-electron chi connectivity index (χ1n) is 20.9. The number of nitrogens with one attached hydrogen (secondary N) is 1. The molecular formula is C42H83NO3. The molecule has 3 N–H and O–H groups in total. The summed E-state index contributed by atoms with van der Waals surface area (Å²) in [5.74, 6) is -0.0719. The van der Waals surface area contributed by atoms with E-state index < -0.39 is 12.1 Å². The van der Waals surface area contributed by atoms with Crippen LogP contribution >= 0.6 is 0 Å². The molecule has 0 bridgehead atoms. The molecule has 0 spiro atoms. The summed E-state index contributed by atoms with van der Waals surface area (Å²) in [5.41, 5.74) is 0. The van der Waals surface area contributed by atoms with Gasteiger partial charge in [0.1, 0.15) is 0 Å². The molecule has 0 fully saturated rings. The molecule has 274 valence electrons. The van der Waals surface area contributed by atoms with Gasteiger partial charge in [0.15, 0.2) is 0 Å². The summed E-state index contributed by atoms with van der Waals surface area (Å²) in [6.45, 7) is 4.26. The molecule has 0 heterocycles. The van der Waals surface area contributed by atoms with E-state index in [0.717, 1.165) is 25.7 Å². The van der Waals surface area contributed by atoms with Crippen LogP contribution in [0.5, 0.6) is 0 Å². The van der Waals surface area contributed by atoms with Crippen molar-refractivity contribution >= 4 is 5.91 Å². The van der Waals surface area contributed by atoms with Crippen LogP contribution in [0.3, 0.4) is 0 Å². The largest absolute Gasteiger partial charge is 0.394 e. The Morgan fingerprint density at radius 2 is 0.804 bits per heavy atom. The molecule has 46 heavy (non-hydrogen) atoms.